The molecule has 104 valence electrons. The van der Waals surface area contributed by atoms with Gasteiger partial charge in [-0.3, -0.25) is 0 Å². The fourth-order valence-electron chi connectivity index (χ4n) is 2.08. The summed E-state index contributed by atoms with van der Waals surface area (Å²) in [6.45, 7) is 5.42. The van der Waals surface area contributed by atoms with Crippen molar-refractivity contribution in [2.75, 3.05) is 12.3 Å². The second kappa shape index (κ2) is 7.82. The van der Waals surface area contributed by atoms with Gasteiger partial charge in [0, 0.05) is 11.8 Å². The van der Waals surface area contributed by atoms with Gasteiger partial charge in [-0.05, 0) is 38.3 Å². The molecular formula is C14H21N3S2. The molecule has 2 heterocycles. The summed E-state index contributed by atoms with van der Waals surface area (Å²) in [5.41, 5.74) is 2.40. The van der Waals surface area contributed by atoms with Gasteiger partial charge in [-0.2, -0.15) is 8.75 Å². The van der Waals surface area contributed by atoms with Crippen LogP contribution in [0.1, 0.15) is 38.8 Å². The number of hydrogen-bond acceptors (Lipinski definition) is 5. The van der Waals surface area contributed by atoms with Gasteiger partial charge < -0.3 is 5.32 Å². The van der Waals surface area contributed by atoms with Gasteiger partial charge in [-0.15, -0.1) is 11.8 Å². The Morgan fingerprint density at radius 3 is 3.16 bits per heavy atom. The quantitative estimate of drug-likeness (QED) is 0.493. The minimum absolute atomic E-state index is 0.386. The molecule has 0 aromatic carbocycles. The lowest BCUT2D eigenvalue weighted by molar-refractivity contribution is 0.624. The van der Waals surface area contributed by atoms with Crippen LogP contribution in [-0.4, -0.2) is 27.1 Å². The van der Waals surface area contributed by atoms with E-state index in [0.717, 1.165) is 42.3 Å². The zero-order valence-corrected chi connectivity index (χ0v) is 13.2. The van der Waals surface area contributed by atoms with E-state index in [1.54, 1.807) is 0 Å². The SMILES string of the molecule is CC/C=C\CCSc1nsnc1C1=CCCNC1C. The minimum atomic E-state index is 0.386. The third kappa shape index (κ3) is 4.16. The maximum absolute atomic E-state index is 4.49. The smallest absolute Gasteiger partial charge is 0.138 e. The average molecular weight is 295 g/mol. The van der Waals surface area contributed by atoms with Crippen LogP contribution < -0.4 is 5.32 Å². The predicted molar refractivity (Wildman–Crippen MR) is 84.7 cm³/mol. The third-order valence-electron chi connectivity index (χ3n) is 3.08. The molecule has 0 spiro atoms. The van der Waals surface area contributed by atoms with Crippen molar-refractivity contribution < 1.29 is 0 Å². The molecule has 0 saturated carbocycles. The molecule has 0 radical (unpaired) electrons. The minimum Gasteiger partial charge on any atom is -0.310 e. The van der Waals surface area contributed by atoms with Crippen LogP contribution in [0.5, 0.6) is 0 Å². The highest BCUT2D eigenvalue weighted by atomic mass is 32.2. The topological polar surface area (TPSA) is 37.8 Å². The molecule has 0 amide bonds. The van der Waals surface area contributed by atoms with Gasteiger partial charge in [0.2, 0.25) is 0 Å². The number of allylic oxidation sites excluding steroid dienone is 2. The normalized spacial score (nSPS) is 19.9. The first kappa shape index (κ1) is 14.8. The molecule has 3 nitrogen and oxygen atoms in total. The molecule has 1 atom stereocenters. The van der Waals surface area contributed by atoms with Crippen molar-refractivity contribution in [1.29, 1.82) is 0 Å². The largest absolute Gasteiger partial charge is 0.310 e. The van der Waals surface area contributed by atoms with Gasteiger partial charge in [0.05, 0.1) is 11.7 Å². The Balaban J connectivity index is 1.97. The molecule has 1 N–H and O–H groups in total. The Morgan fingerprint density at radius 2 is 2.37 bits per heavy atom. The number of thioether (sulfide) groups is 1. The summed E-state index contributed by atoms with van der Waals surface area (Å²) in [5, 5.41) is 4.57. The number of rotatable bonds is 6. The van der Waals surface area contributed by atoms with Crippen LogP contribution in [0.2, 0.25) is 0 Å². The summed E-state index contributed by atoms with van der Waals surface area (Å²) < 4.78 is 8.93. The van der Waals surface area contributed by atoms with E-state index in [2.05, 4.69) is 46.1 Å². The van der Waals surface area contributed by atoms with Crippen LogP contribution in [0.3, 0.4) is 0 Å². The second-order valence-electron chi connectivity index (χ2n) is 4.56. The van der Waals surface area contributed by atoms with E-state index in [-0.39, 0.29) is 0 Å². The first-order valence-electron chi connectivity index (χ1n) is 6.87. The van der Waals surface area contributed by atoms with Crippen LogP contribution >= 0.6 is 23.5 Å². The van der Waals surface area contributed by atoms with Crippen molar-refractivity contribution in [3.05, 3.63) is 23.9 Å². The molecule has 2 rings (SSSR count). The van der Waals surface area contributed by atoms with Crippen molar-refractivity contribution in [2.24, 2.45) is 0 Å². The van der Waals surface area contributed by atoms with Crippen LogP contribution in [0.25, 0.3) is 5.57 Å². The van der Waals surface area contributed by atoms with E-state index >= 15 is 0 Å². The van der Waals surface area contributed by atoms with Gasteiger partial charge in [0.15, 0.2) is 0 Å². The number of nitrogens with zero attached hydrogens (tertiary/aromatic N) is 2. The molecular weight excluding hydrogens is 274 g/mol. The molecule has 0 fully saturated rings. The molecule has 19 heavy (non-hydrogen) atoms. The predicted octanol–water partition coefficient (Wildman–Crippen LogP) is 3.75. The van der Waals surface area contributed by atoms with Gasteiger partial charge in [-0.25, -0.2) is 0 Å². The number of aromatic nitrogens is 2. The summed E-state index contributed by atoms with van der Waals surface area (Å²) >= 11 is 3.14. The summed E-state index contributed by atoms with van der Waals surface area (Å²) in [4.78, 5) is 0. The van der Waals surface area contributed by atoms with E-state index in [0.29, 0.717) is 6.04 Å². The molecule has 1 aliphatic rings. The summed E-state index contributed by atoms with van der Waals surface area (Å²) in [5.74, 6) is 1.07. The molecule has 1 aromatic heterocycles. The van der Waals surface area contributed by atoms with E-state index in [9.17, 15) is 0 Å². The van der Waals surface area contributed by atoms with Crippen molar-refractivity contribution in [3.8, 4) is 0 Å². The summed E-state index contributed by atoms with van der Waals surface area (Å²) in [6.07, 6.45) is 10.1. The van der Waals surface area contributed by atoms with Crippen LogP contribution in [0, 0.1) is 0 Å². The Kier molecular flexibility index (Phi) is 6.07. The number of hydrogen-bond donors (Lipinski definition) is 1. The first-order valence-corrected chi connectivity index (χ1v) is 8.58. The van der Waals surface area contributed by atoms with Crippen LogP contribution in [0.15, 0.2) is 23.3 Å². The molecule has 5 heteroatoms. The van der Waals surface area contributed by atoms with Gasteiger partial charge >= 0.3 is 0 Å². The lowest BCUT2D eigenvalue weighted by Crippen LogP contribution is -2.31. The van der Waals surface area contributed by atoms with Crippen molar-refractivity contribution in [3.63, 3.8) is 0 Å². The third-order valence-corrected chi connectivity index (χ3v) is 4.73. The Hall–Kier alpha value is -0.650. The van der Waals surface area contributed by atoms with E-state index in [1.165, 1.54) is 17.3 Å². The summed E-state index contributed by atoms with van der Waals surface area (Å²) in [7, 11) is 0. The molecule has 1 unspecified atom stereocenters. The zero-order chi connectivity index (χ0) is 13.5. The van der Waals surface area contributed by atoms with Crippen molar-refractivity contribution >= 4 is 29.1 Å². The lowest BCUT2D eigenvalue weighted by Gasteiger charge is -2.21. The van der Waals surface area contributed by atoms with Crippen LogP contribution in [0.4, 0.5) is 0 Å². The fourth-order valence-corrected chi connectivity index (χ4v) is 3.67. The fraction of sp³-hybridized carbons (Fsp3) is 0.571. The van der Waals surface area contributed by atoms with Gasteiger partial charge in [-0.1, -0.05) is 25.2 Å². The van der Waals surface area contributed by atoms with Crippen LogP contribution in [-0.2, 0) is 0 Å². The van der Waals surface area contributed by atoms with E-state index in [1.807, 2.05) is 11.8 Å². The molecule has 1 aromatic rings. The maximum atomic E-state index is 4.49. The Labute approximate surface area is 123 Å². The standard InChI is InChI=1S/C14H21N3S2/c1-3-4-5-6-10-18-14-13(16-19-17-14)12-8-7-9-15-11(12)2/h4-5,8,11,15H,3,6-7,9-10H2,1-2H3/b5-4-. The molecule has 0 saturated heterocycles. The van der Waals surface area contributed by atoms with Crippen molar-refractivity contribution in [1.82, 2.24) is 14.1 Å². The zero-order valence-electron chi connectivity index (χ0n) is 11.6. The Bertz CT molecular complexity index is 451. The molecule has 1 aliphatic heterocycles. The first-order chi connectivity index (χ1) is 9.33. The highest BCUT2D eigenvalue weighted by molar-refractivity contribution is 7.99. The number of nitrogens with one attached hydrogen (secondary N) is 1. The van der Waals surface area contributed by atoms with Crippen molar-refractivity contribution in [2.45, 2.75) is 44.2 Å². The monoisotopic (exact) mass is 295 g/mol. The average Bonchev–Trinajstić information content (AvgIpc) is 2.87. The molecule has 0 bridgehead atoms. The van der Waals surface area contributed by atoms with Gasteiger partial charge in [0.25, 0.3) is 0 Å². The van der Waals surface area contributed by atoms with Gasteiger partial charge in [0.1, 0.15) is 10.7 Å². The van der Waals surface area contributed by atoms with E-state index < -0.39 is 0 Å². The maximum Gasteiger partial charge on any atom is 0.138 e. The molecule has 0 aliphatic carbocycles. The second-order valence-corrected chi connectivity index (χ2v) is 6.17. The Morgan fingerprint density at radius 1 is 1.47 bits per heavy atom. The lowest BCUT2D eigenvalue weighted by atomic mass is 10.0. The highest BCUT2D eigenvalue weighted by Crippen LogP contribution is 2.30. The summed E-state index contributed by atoms with van der Waals surface area (Å²) in [6, 6.07) is 0.386. The highest BCUT2D eigenvalue weighted by Gasteiger charge is 2.20. The van der Waals surface area contributed by atoms with E-state index in [4.69, 9.17) is 0 Å².